The standard InChI is InChI=1S/C25H20ClN3OS/c26-19-9-5-7-17-22(19)31-21-11-4-2-8-18(21)25(30)13-12-15(14-25)27-23-16-6-1-3-10-20(16)28-24(17)29-23/h1-11,15,30H,12-14H2,(H,27,28,29). The molecular formula is C25H20ClN3OS. The van der Waals surface area contributed by atoms with Gasteiger partial charge in [0.25, 0.3) is 0 Å². The van der Waals surface area contributed by atoms with Gasteiger partial charge >= 0.3 is 0 Å². The number of fused-ring (bicyclic) bond motifs is 10. The quantitative estimate of drug-likeness (QED) is 0.334. The highest BCUT2D eigenvalue weighted by Gasteiger charge is 2.41. The van der Waals surface area contributed by atoms with E-state index in [1.165, 1.54) is 0 Å². The molecule has 1 aromatic heterocycles. The number of hydrogen-bond donors (Lipinski definition) is 2. The maximum atomic E-state index is 11.6. The first kappa shape index (κ1) is 19.1. The smallest absolute Gasteiger partial charge is 0.163 e. The van der Waals surface area contributed by atoms with E-state index in [1.54, 1.807) is 11.8 Å². The number of benzene rings is 3. The van der Waals surface area contributed by atoms with Crippen LogP contribution in [-0.2, 0) is 5.60 Å². The Morgan fingerprint density at radius 2 is 1.84 bits per heavy atom. The minimum atomic E-state index is -0.881. The zero-order chi connectivity index (χ0) is 21.0. The Morgan fingerprint density at radius 3 is 2.77 bits per heavy atom. The lowest BCUT2D eigenvalue weighted by atomic mass is 9.92. The van der Waals surface area contributed by atoms with Crippen LogP contribution in [0.1, 0.15) is 24.8 Å². The first-order valence-electron chi connectivity index (χ1n) is 10.4. The molecule has 0 amide bonds. The van der Waals surface area contributed by atoms with Crippen LogP contribution in [0.25, 0.3) is 22.3 Å². The number of halogens is 1. The van der Waals surface area contributed by atoms with E-state index in [-0.39, 0.29) is 6.04 Å². The number of para-hydroxylation sites is 1. The number of nitrogens with zero attached hydrogens (tertiary/aromatic N) is 2. The summed E-state index contributed by atoms with van der Waals surface area (Å²) in [6.07, 6.45) is 2.21. The monoisotopic (exact) mass is 445 g/mol. The lowest BCUT2D eigenvalue weighted by molar-refractivity contribution is 0.0409. The van der Waals surface area contributed by atoms with Gasteiger partial charge in [0.2, 0.25) is 0 Å². The normalized spacial score (nSPS) is 22.1. The fourth-order valence-corrected chi connectivity index (χ4v) is 6.19. The summed E-state index contributed by atoms with van der Waals surface area (Å²) < 4.78 is 0. The molecule has 1 aliphatic carbocycles. The third kappa shape index (κ3) is 3.19. The number of nitrogens with one attached hydrogen (secondary N) is 1. The molecule has 4 bridgehead atoms. The van der Waals surface area contributed by atoms with Gasteiger partial charge in [-0.3, -0.25) is 0 Å². The molecule has 2 atom stereocenters. The highest BCUT2D eigenvalue weighted by Crippen LogP contribution is 2.48. The van der Waals surface area contributed by atoms with E-state index in [0.29, 0.717) is 23.7 Å². The fourth-order valence-electron chi connectivity index (χ4n) is 4.73. The Bertz CT molecular complexity index is 1330. The van der Waals surface area contributed by atoms with Crippen LogP contribution in [0.5, 0.6) is 0 Å². The SMILES string of the molecule is OC12CCC(C1)Nc1nc(nc3ccccc13)-c1cccc(Cl)c1Sc1ccccc12. The Balaban J connectivity index is 1.65. The number of hydrogen-bond acceptors (Lipinski definition) is 5. The second-order valence-corrected chi connectivity index (χ2v) is 9.70. The zero-order valence-corrected chi connectivity index (χ0v) is 18.2. The van der Waals surface area contributed by atoms with Crippen molar-refractivity contribution in [3.8, 4) is 11.4 Å². The molecule has 2 heterocycles. The number of aliphatic hydroxyl groups is 1. The third-order valence-electron chi connectivity index (χ3n) is 6.24. The van der Waals surface area contributed by atoms with Crippen LogP contribution in [0.3, 0.4) is 0 Å². The Labute approximate surface area is 189 Å². The molecule has 6 heteroatoms. The van der Waals surface area contributed by atoms with Crippen molar-refractivity contribution < 1.29 is 5.11 Å². The summed E-state index contributed by atoms with van der Waals surface area (Å²) >= 11 is 8.27. The minimum absolute atomic E-state index is 0.132. The van der Waals surface area contributed by atoms with E-state index in [0.717, 1.165) is 44.1 Å². The summed E-state index contributed by atoms with van der Waals surface area (Å²) in [4.78, 5) is 11.7. The molecule has 2 unspecified atom stereocenters. The second-order valence-electron chi connectivity index (χ2n) is 8.24. The first-order chi connectivity index (χ1) is 15.1. The maximum absolute atomic E-state index is 11.6. The first-order valence-corrected chi connectivity index (χ1v) is 11.6. The van der Waals surface area contributed by atoms with E-state index < -0.39 is 5.60 Å². The topological polar surface area (TPSA) is 58.0 Å². The van der Waals surface area contributed by atoms with Gasteiger partial charge in [-0.25, -0.2) is 9.97 Å². The van der Waals surface area contributed by atoms with Crippen molar-refractivity contribution in [1.82, 2.24) is 9.97 Å². The van der Waals surface area contributed by atoms with Gasteiger partial charge in [0.15, 0.2) is 5.82 Å². The Kier molecular flexibility index (Phi) is 4.46. The summed E-state index contributed by atoms with van der Waals surface area (Å²) in [7, 11) is 0. The molecule has 0 spiro atoms. The Hall–Kier alpha value is -2.60. The van der Waals surface area contributed by atoms with Gasteiger partial charge in [0, 0.05) is 33.2 Å². The summed E-state index contributed by atoms with van der Waals surface area (Å²) in [5, 5.41) is 16.9. The van der Waals surface area contributed by atoms with Crippen molar-refractivity contribution >= 4 is 40.1 Å². The van der Waals surface area contributed by atoms with E-state index in [1.807, 2.05) is 60.7 Å². The molecule has 31 heavy (non-hydrogen) atoms. The third-order valence-corrected chi connectivity index (χ3v) is 7.89. The van der Waals surface area contributed by atoms with Gasteiger partial charge < -0.3 is 10.4 Å². The van der Waals surface area contributed by atoms with Crippen molar-refractivity contribution in [2.75, 3.05) is 5.32 Å². The molecule has 1 fully saturated rings. The van der Waals surface area contributed by atoms with Crippen LogP contribution in [0.15, 0.2) is 76.5 Å². The van der Waals surface area contributed by atoms with Crippen molar-refractivity contribution in [2.24, 2.45) is 0 Å². The fraction of sp³-hybridized carbons (Fsp3) is 0.200. The van der Waals surface area contributed by atoms with E-state index in [2.05, 4.69) is 11.4 Å². The number of aromatic nitrogens is 2. The van der Waals surface area contributed by atoms with Gasteiger partial charge in [-0.2, -0.15) is 0 Å². The van der Waals surface area contributed by atoms with Gasteiger partial charge in [-0.15, -0.1) is 0 Å². The second kappa shape index (κ2) is 7.23. The highest BCUT2D eigenvalue weighted by atomic mass is 35.5. The molecule has 4 aromatic rings. The summed E-state index contributed by atoms with van der Waals surface area (Å²) in [6, 6.07) is 22.1. The van der Waals surface area contributed by atoms with Crippen LogP contribution in [0, 0.1) is 0 Å². The molecular weight excluding hydrogens is 426 g/mol. The molecule has 2 aliphatic rings. The van der Waals surface area contributed by atoms with Crippen LogP contribution < -0.4 is 5.32 Å². The average Bonchev–Trinajstić information content (AvgIpc) is 3.16. The predicted molar refractivity (Wildman–Crippen MR) is 126 cm³/mol. The predicted octanol–water partition coefficient (Wildman–Crippen LogP) is 6.27. The minimum Gasteiger partial charge on any atom is -0.385 e. The molecule has 1 saturated carbocycles. The zero-order valence-electron chi connectivity index (χ0n) is 16.7. The molecule has 0 saturated heterocycles. The van der Waals surface area contributed by atoms with E-state index >= 15 is 0 Å². The van der Waals surface area contributed by atoms with Crippen molar-refractivity contribution in [2.45, 2.75) is 40.7 Å². The maximum Gasteiger partial charge on any atom is 0.163 e. The lowest BCUT2D eigenvalue weighted by Gasteiger charge is -2.27. The number of anilines is 1. The van der Waals surface area contributed by atoms with Gasteiger partial charge in [-0.05, 0) is 48.7 Å². The molecule has 154 valence electrons. The lowest BCUT2D eigenvalue weighted by Crippen LogP contribution is -2.26. The Morgan fingerprint density at radius 1 is 1.00 bits per heavy atom. The van der Waals surface area contributed by atoms with Gasteiger partial charge in [-0.1, -0.05) is 59.8 Å². The van der Waals surface area contributed by atoms with Crippen molar-refractivity contribution in [1.29, 1.82) is 0 Å². The molecule has 4 nitrogen and oxygen atoms in total. The van der Waals surface area contributed by atoms with E-state index in [4.69, 9.17) is 21.6 Å². The van der Waals surface area contributed by atoms with Crippen LogP contribution in [-0.4, -0.2) is 21.1 Å². The van der Waals surface area contributed by atoms with Gasteiger partial charge in [0.1, 0.15) is 5.82 Å². The van der Waals surface area contributed by atoms with Crippen molar-refractivity contribution in [3.63, 3.8) is 0 Å². The molecule has 0 radical (unpaired) electrons. The summed E-state index contributed by atoms with van der Waals surface area (Å²) in [5.41, 5.74) is 1.86. The van der Waals surface area contributed by atoms with Crippen LogP contribution in [0.4, 0.5) is 5.82 Å². The van der Waals surface area contributed by atoms with Crippen LogP contribution >= 0.6 is 23.4 Å². The average molecular weight is 446 g/mol. The summed E-state index contributed by atoms with van der Waals surface area (Å²) in [6.45, 7) is 0. The van der Waals surface area contributed by atoms with E-state index in [9.17, 15) is 5.11 Å². The van der Waals surface area contributed by atoms with Crippen molar-refractivity contribution in [3.05, 3.63) is 77.3 Å². The molecule has 3 aromatic carbocycles. The molecule has 2 N–H and O–H groups in total. The summed E-state index contributed by atoms with van der Waals surface area (Å²) in [5.74, 6) is 1.46. The molecule has 6 rings (SSSR count). The highest BCUT2D eigenvalue weighted by molar-refractivity contribution is 7.99. The number of rotatable bonds is 0. The largest absolute Gasteiger partial charge is 0.385 e. The van der Waals surface area contributed by atoms with Gasteiger partial charge in [0.05, 0.1) is 16.1 Å². The van der Waals surface area contributed by atoms with Crippen LogP contribution in [0.2, 0.25) is 5.02 Å². The molecule has 1 aliphatic heterocycles.